The molecule has 0 heterocycles. The lowest BCUT2D eigenvalue weighted by molar-refractivity contribution is -0.161. The van der Waals surface area contributed by atoms with Crippen LogP contribution in [0.15, 0.2) is 0 Å². The molecule has 0 rings (SSSR count). The predicted octanol–water partition coefficient (Wildman–Crippen LogP) is 20.1. The second kappa shape index (κ2) is 63.5. The monoisotopic (exact) mass is 1310 g/mol. The Bertz CT molecular complexity index is 1720. The largest absolute Gasteiger partial charge is 0.472 e. The number of hydrogen-bond acceptors (Lipinski definition) is 15. The summed E-state index contributed by atoms with van der Waals surface area (Å²) in [5.41, 5.74) is 0. The molecular weight excluding hydrogens is 1170 g/mol. The van der Waals surface area contributed by atoms with E-state index >= 15 is 0 Å². The van der Waals surface area contributed by atoms with Gasteiger partial charge in [-0.1, -0.05) is 311 Å². The van der Waals surface area contributed by atoms with Gasteiger partial charge in [0.05, 0.1) is 26.4 Å². The number of carbonyl (C=O) groups excluding carboxylic acids is 4. The minimum absolute atomic E-state index is 0.105. The maximum atomic E-state index is 13.0. The van der Waals surface area contributed by atoms with Crippen molar-refractivity contribution in [1.82, 2.24) is 0 Å². The Balaban J connectivity index is 5.12. The summed E-state index contributed by atoms with van der Waals surface area (Å²) in [6, 6.07) is 0. The fraction of sp³-hybridized carbons (Fsp3) is 0.943. The van der Waals surface area contributed by atoms with Crippen LogP contribution in [0.25, 0.3) is 0 Å². The number of carbonyl (C=O) groups is 4. The quantitative estimate of drug-likeness (QED) is 0.0222. The molecule has 0 spiro atoms. The molecule has 89 heavy (non-hydrogen) atoms. The number of rotatable bonds is 70. The van der Waals surface area contributed by atoms with Crippen molar-refractivity contribution in [2.45, 2.75) is 380 Å². The first kappa shape index (κ1) is 87.1. The lowest BCUT2D eigenvalue weighted by atomic mass is 10.0. The van der Waals surface area contributed by atoms with Gasteiger partial charge in [0.15, 0.2) is 12.2 Å². The van der Waals surface area contributed by atoms with Crippen LogP contribution in [0, 0.1) is 5.92 Å². The van der Waals surface area contributed by atoms with Crippen LogP contribution in [0.3, 0.4) is 0 Å². The Morgan fingerprint density at radius 3 is 0.764 bits per heavy atom. The third kappa shape index (κ3) is 64.6. The molecule has 0 aromatic carbocycles. The highest BCUT2D eigenvalue weighted by Crippen LogP contribution is 2.45. The first-order chi connectivity index (χ1) is 43.0. The maximum absolute atomic E-state index is 13.0. The van der Waals surface area contributed by atoms with Crippen LogP contribution in [-0.2, 0) is 65.4 Å². The first-order valence-corrected chi connectivity index (χ1v) is 39.6. The van der Waals surface area contributed by atoms with Gasteiger partial charge in [0.1, 0.15) is 19.3 Å². The molecule has 19 heteroatoms. The van der Waals surface area contributed by atoms with Crippen molar-refractivity contribution in [3.8, 4) is 0 Å². The van der Waals surface area contributed by atoms with E-state index in [1.807, 2.05) is 0 Å². The molecule has 17 nitrogen and oxygen atoms in total. The summed E-state index contributed by atoms with van der Waals surface area (Å²) >= 11 is 0. The second-order valence-electron chi connectivity index (χ2n) is 25.7. The van der Waals surface area contributed by atoms with Crippen LogP contribution >= 0.6 is 15.6 Å². The Morgan fingerprint density at radius 1 is 0.303 bits per heavy atom. The fourth-order valence-corrected chi connectivity index (χ4v) is 12.2. The first-order valence-electron chi connectivity index (χ1n) is 36.6. The van der Waals surface area contributed by atoms with Crippen molar-refractivity contribution in [3.63, 3.8) is 0 Å². The molecular formula is C70H136O17P2. The lowest BCUT2D eigenvalue weighted by Gasteiger charge is -2.21. The summed E-state index contributed by atoms with van der Waals surface area (Å²) in [5.74, 6) is -1.39. The molecule has 2 unspecified atom stereocenters. The summed E-state index contributed by atoms with van der Waals surface area (Å²) in [4.78, 5) is 72.3. The van der Waals surface area contributed by atoms with Gasteiger partial charge in [-0.05, 0) is 31.6 Å². The van der Waals surface area contributed by atoms with Gasteiger partial charge in [-0.2, -0.15) is 0 Å². The minimum Gasteiger partial charge on any atom is -0.462 e. The van der Waals surface area contributed by atoms with Gasteiger partial charge in [0.2, 0.25) is 0 Å². The van der Waals surface area contributed by atoms with Crippen LogP contribution in [0.2, 0.25) is 0 Å². The molecule has 5 atom stereocenters. The van der Waals surface area contributed by atoms with Crippen molar-refractivity contribution >= 4 is 39.5 Å². The van der Waals surface area contributed by atoms with Crippen molar-refractivity contribution < 1.29 is 80.2 Å². The third-order valence-electron chi connectivity index (χ3n) is 16.3. The Morgan fingerprint density at radius 2 is 0.517 bits per heavy atom. The minimum atomic E-state index is -4.95. The van der Waals surface area contributed by atoms with Crippen LogP contribution < -0.4 is 0 Å². The van der Waals surface area contributed by atoms with E-state index in [4.69, 9.17) is 37.0 Å². The molecule has 0 bridgehead atoms. The van der Waals surface area contributed by atoms with Gasteiger partial charge >= 0.3 is 39.5 Å². The number of ether oxygens (including phenoxy) is 4. The molecule has 0 saturated carbocycles. The molecule has 0 aliphatic carbocycles. The van der Waals surface area contributed by atoms with Crippen LogP contribution in [0.5, 0.6) is 0 Å². The second-order valence-corrected chi connectivity index (χ2v) is 28.7. The number of aliphatic hydroxyl groups excluding tert-OH is 1. The maximum Gasteiger partial charge on any atom is 0.472 e. The number of phosphoric ester groups is 2. The number of unbranched alkanes of at least 4 members (excludes halogenated alkanes) is 42. The third-order valence-corrected chi connectivity index (χ3v) is 18.2. The average Bonchev–Trinajstić information content (AvgIpc) is 3.65. The van der Waals surface area contributed by atoms with Gasteiger partial charge < -0.3 is 33.8 Å². The molecule has 3 N–H and O–H groups in total. The van der Waals surface area contributed by atoms with Gasteiger partial charge in [-0.25, -0.2) is 9.13 Å². The fourth-order valence-electron chi connectivity index (χ4n) is 10.6. The van der Waals surface area contributed by atoms with Crippen LogP contribution in [-0.4, -0.2) is 96.7 Å². The zero-order valence-corrected chi connectivity index (χ0v) is 59.4. The van der Waals surface area contributed by atoms with E-state index in [1.165, 1.54) is 173 Å². The number of esters is 4. The summed E-state index contributed by atoms with van der Waals surface area (Å²) in [7, 11) is -9.89. The number of aliphatic hydroxyl groups is 1. The molecule has 0 saturated heterocycles. The lowest BCUT2D eigenvalue weighted by Crippen LogP contribution is -2.30. The molecule has 0 fully saturated rings. The Hall–Kier alpha value is -1.94. The van der Waals surface area contributed by atoms with Gasteiger partial charge in [0, 0.05) is 25.7 Å². The number of phosphoric acid groups is 2. The van der Waals surface area contributed by atoms with E-state index in [2.05, 4.69) is 34.6 Å². The predicted molar refractivity (Wildman–Crippen MR) is 358 cm³/mol. The van der Waals surface area contributed by atoms with Gasteiger partial charge in [-0.15, -0.1) is 0 Å². The van der Waals surface area contributed by atoms with Crippen molar-refractivity contribution in [2.75, 3.05) is 39.6 Å². The van der Waals surface area contributed by atoms with E-state index in [9.17, 15) is 43.2 Å². The molecule has 0 aromatic heterocycles. The number of hydrogen-bond donors (Lipinski definition) is 3. The highest BCUT2D eigenvalue weighted by atomic mass is 31.2. The molecule has 0 amide bonds. The normalized spacial score (nSPS) is 14.1. The summed E-state index contributed by atoms with van der Waals surface area (Å²) < 4.78 is 68.1. The smallest absolute Gasteiger partial charge is 0.462 e. The molecule has 0 aliphatic rings. The Kier molecular flexibility index (Phi) is 62.1. The van der Waals surface area contributed by atoms with E-state index in [1.54, 1.807) is 0 Å². The van der Waals surface area contributed by atoms with E-state index < -0.39 is 97.5 Å². The molecule has 0 aliphatic heterocycles. The van der Waals surface area contributed by atoms with E-state index in [0.29, 0.717) is 25.7 Å². The Labute approximate surface area is 543 Å². The van der Waals surface area contributed by atoms with Crippen LogP contribution in [0.4, 0.5) is 0 Å². The standard InChI is InChI=1S/C70H136O17P2/c1-6-9-12-15-18-21-22-23-24-25-26-27-28-29-30-31-32-35-41-46-51-56-70(75)87-66(60-81-68(73)54-49-44-40-36-33-34-37-42-47-52-63(4)5)62-85-89(78,79)83-58-64(71)57-82-88(76,77)84-61-65(86-69(74)55-50-45-39-20-17-14-11-8-3)59-80-67(72)53-48-43-38-19-16-13-10-7-2/h63-66,71H,6-62H2,1-5H3,(H,76,77)(H,78,79)/t64-,65+,66+/m0/s1. The molecule has 0 radical (unpaired) electrons. The topological polar surface area (TPSA) is 237 Å². The van der Waals surface area contributed by atoms with Crippen molar-refractivity contribution in [3.05, 3.63) is 0 Å². The molecule has 528 valence electrons. The molecule has 0 aromatic rings. The summed E-state index contributed by atoms with van der Waals surface area (Å²) in [6.07, 6.45) is 50.3. The summed E-state index contributed by atoms with van der Waals surface area (Å²) in [5, 5.41) is 10.6. The van der Waals surface area contributed by atoms with E-state index in [-0.39, 0.29) is 25.7 Å². The summed E-state index contributed by atoms with van der Waals surface area (Å²) in [6.45, 7) is 7.16. The van der Waals surface area contributed by atoms with Gasteiger partial charge in [-0.3, -0.25) is 37.3 Å². The highest BCUT2D eigenvalue weighted by molar-refractivity contribution is 7.47. The van der Waals surface area contributed by atoms with Crippen molar-refractivity contribution in [2.24, 2.45) is 5.92 Å². The van der Waals surface area contributed by atoms with Crippen LogP contribution in [0.1, 0.15) is 362 Å². The highest BCUT2D eigenvalue weighted by Gasteiger charge is 2.30. The van der Waals surface area contributed by atoms with Crippen molar-refractivity contribution in [1.29, 1.82) is 0 Å². The van der Waals surface area contributed by atoms with Gasteiger partial charge in [0.25, 0.3) is 0 Å². The SMILES string of the molecule is CCCCCCCCCCCCCCCCCCCCCCCC(=O)O[C@H](COC(=O)CCCCCCCCCCCC(C)C)COP(=O)(O)OC[C@@H](O)COP(=O)(O)OC[C@@H](COC(=O)CCCCCCCCCC)OC(=O)CCCCCCCCCC. The van der Waals surface area contributed by atoms with E-state index in [0.717, 1.165) is 109 Å². The zero-order chi connectivity index (χ0) is 65.6. The zero-order valence-electron chi connectivity index (χ0n) is 57.6. The average molecular weight is 1310 g/mol.